The molecule has 0 aliphatic rings. The van der Waals surface area contributed by atoms with Gasteiger partial charge in [0.1, 0.15) is 0 Å². The van der Waals surface area contributed by atoms with Crippen LogP contribution >= 0.6 is 0 Å². The smallest absolute Gasteiger partial charge is 0.274 e. The van der Waals surface area contributed by atoms with E-state index in [1.165, 1.54) is 4.68 Å². The molecule has 1 heterocycles. The van der Waals surface area contributed by atoms with E-state index in [0.717, 1.165) is 31.1 Å². The van der Waals surface area contributed by atoms with Crippen LogP contribution in [0.5, 0.6) is 5.88 Å². The highest BCUT2D eigenvalue weighted by Gasteiger charge is 2.10. The first-order valence-corrected chi connectivity index (χ1v) is 7.40. The number of benzene rings is 1. The normalized spacial score (nSPS) is 10.9. The molecule has 4 heteroatoms. The van der Waals surface area contributed by atoms with E-state index >= 15 is 0 Å². The van der Waals surface area contributed by atoms with E-state index in [0.29, 0.717) is 24.4 Å². The fourth-order valence-corrected chi connectivity index (χ4v) is 2.08. The lowest BCUT2D eigenvalue weighted by atomic mass is 10.2. The summed E-state index contributed by atoms with van der Waals surface area (Å²) in [5, 5.41) is 5.88. The summed E-state index contributed by atoms with van der Waals surface area (Å²) in [6.45, 7) is 5.51. The third-order valence-corrected chi connectivity index (χ3v) is 3.29. The van der Waals surface area contributed by atoms with Crippen LogP contribution in [0.25, 0.3) is 10.8 Å². The minimum absolute atomic E-state index is 0.0307. The largest absolute Gasteiger partial charge is 0.476 e. The molecule has 2 rings (SSSR count). The summed E-state index contributed by atoms with van der Waals surface area (Å²) >= 11 is 0. The van der Waals surface area contributed by atoms with Crippen molar-refractivity contribution in [3.8, 4) is 5.88 Å². The minimum Gasteiger partial charge on any atom is -0.476 e. The molecular formula is C16H22N2O2. The summed E-state index contributed by atoms with van der Waals surface area (Å²) in [5.74, 6) is 0.574. The van der Waals surface area contributed by atoms with E-state index in [1.54, 1.807) is 0 Å². The molecule has 20 heavy (non-hydrogen) atoms. The molecule has 0 aliphatic carbocycles. The van der Waals surface area contributed by atoms with Gasteiger partial charge in [0.2, 0.25) is 5.88 Å². The van der Waals surface area contributed by atoms with Gasteiger partial charge in [0.05, 0.1) is 17.4 Å². The van der Waals surface area contributed by atoms with Gasteiger partial charge in [-0.2, -0.15) is 0 Å². The Morgan fingerprint density at radius 3 is 2.50 bits per heavy atom. The van der Waals surface area contributed by atoms with Crippen LogP contribution < -0.4 is 10.3 Å². The standard InChI is InChI=1S/C16H22N2O2/c1-3-5-11-18-16(19)14-10-8-7-9-13(14)15(17-18)20-12-6-4-2/h7-10H,3-6,11-12H2,1-2H3. The van der Waals surface area contributed by atoms with Gasteiger partial charge < -0.3 is 4.74 Å². The van der Waals surface area contributed by atoms with Gasteiger partial charge in [0.25, 0.3) is 5.56 Å². The van der Waals surface area contributed by atoms with E-state index in [2.05, 4.69) is 18.9 Å². The maximum absolute atomic E-state index is 12.4. The Hall–Kier alpha value is -1.84. The van der Waals surface area contributed by atoms with Crippen molar-refractivity contribution in [2.45, 2.75) is 46.1 Å². The Morgan fingerprint density at radius 2 is 1.80 bits per heavy atom. The summed E-state index contributed by atoms with van der Waals surface area (Å²) in [4.78, 5) is 12.4. The zero-order chi connectivity index (χ0) is 14.4. The molecule has 0 aliphatic heterocycles. The third kappa shape index (κ3) is 3.18. The van der Waals surface area contributed by atoms with Gasteiger partial charge in [0.15, 0.2) is 0 Å². The van der Waals surface area contributed by atoms with Gasteiger partial charge >= 0.3 is 0 Å². The topological polar surface area (TPSA) is 44.1 Å². The van der Waals surface area contributed by atoms with Crippen LogP contribution in [0.2, 0.25) is 0 Å². The first-order chi connectivity index (χ1) is 9.77. The number of unbranched alkanes of at least 4 members (excludes halogenated alkanes) is 2. The highest BCUT2D eigenvalue weighted by molar-refractivity contribution is 5.85. The average molecular weight is 274 g/mol. The predicted molar refractivity (Wildman–Crippen MR) is 81.3 cm³/mol. The van der Waals surface area contributed by atoms with Gasteiger partial charge in [-0.15, -0.1) is 5.10 Å². The summed E-state index contributed by atoms with van der Waals surface area (Å²) in [6.07, 6.45) is 4.05. The van der Waals surface area contributed by atoms with Gasteiger partial charge in [-0.05, 0) is 25.0 Å². The second-order valence-corrected chi connectivity index (χ2v) is 4.93. The first-order valence-electron chi connectivity index (χ1n) is 7.40. The highest BCUT2D eigenvalue weighted by atomic mass is 16.5. The van der Waals surface area contributed by atoms with Crippen LogP contribution in [0, 0.1) is 0 Å². The van der Waals surface area contributed by atoms with E-state index in [1.807, 2.05) is 24.3 Å². The number of hydrogen-bond acceptors (Lipinski definition) is 3. The van der Waals surface area contributed by atoms with Crippen molar-refractivity contribution in [1.82, 2.24) is 9.78 Å². The lowest BCUT2D eigenvalue weighted by Crippen LogP contribution is -2.24. The Labute approximate surface area is 119 Å². The molecule has 1 aromatic heterocycles. The van der Waals surface area contributed by atoms with E-state index < -0.39 is 0 Å². The van der Waals surface area contributed by atoms with Gasteiger partial charge in [-0.3, -0.25) is 4.79 Å². The zero-order valence-electron chi connectivity index (χ0n) is 12.3. The molecule has 108 valence electrons. The van der Waals surface area contributed by atoms with Crippen molar-refractivity contribution in [3.63, 3.8) is 0 Å². The Morgan fingerprint density at radius 1 is 1.10 bits per heavy atom. The summed E-state index contributed by atoms with van der Waals surface area (Å²) < 4.78 is 7.30. The number of ether oxygens (including phenoxy) is 1. The lowest BCUT2D eigenvalue weighted by molar-refractivity contribution is 0.291. The van der Waals surface area contributed by atoms with Crippen LogP contribution in [-0.2, 0) is 6.54 Å². The molecule has 0 saturated carbocycles. The average Bonchev–Trinajstić information content (AvgIpc) is 2.49. The van der Waals surface area contributed by atoms with Gasteiger partial charge in [0, 0.05) is 6.54 Å². The van der Waals surface area contributed by atoms with Crippen molar-refractivity contribution in [3.05, 3.63) is 34.6 Å². The molecule has 0 unspecified atom stereocenters. The van der Waals surface area contributed by atoms with Gasteiger partial charge in [-0.25, -0.2) is 4.68 Å². The number of rotatable bonds is 7. The van der Waals surface area contributed by atoms with Crippen LogP contribution in [0.4, 0.5) is 0 Å². The lowest BCUT2D eigenvalue weighted by Gasteiger charge is -2.11. The number of aryl methyl sites for hydroxylation is 1. The molecule has 0 amide bonds. The van der Waals surface area contributed by atoms with Crippen molar-refractivity contribution in [2.24, 2.45) is 0 Å². The SMILES string of the molecule is CCCCOc1nn(CCCC)c(=O)c2ccccc12. The van der Waals surface area contributed by atoms with E-state index in [-0.39, 0.29) is 5.56 Å². The highest BCUT2D eigenvalue weighted by Crippen LogP contribution is 2.20. The first kappa shape index (κ1) is 14.6. The van der Waals surface area contributed by atoms with Crippen LogP contribution in [0.15, 0.2) is 29.1 Å². The monoisotopic (exact) mass is 274 g/mol. The molecule has 4 nitrogen and oxygen atoms in total. The molecule has 2 aromatic rings. The molecule has 1 aromatic carbocycles. The number of fused-ring (bicyclic) bond motifs is 1. The quantitative estimate of drug-likeness (QED) is 0.727. The maximum Gasteiger partial charge on any atom is 0.274 e. The molecule has 0 N–H and O–H groups in total. The summed E-state index contributed by atoms with van der Waals surface area (Å²) in [7, 11) is 0. The van der Waals surface area contributed by atoms with E-state index in [9.17, 15) is 4.79 Å². The van der Waals surface area contributed by atoms with Crippen LogP contribution in [0.3, 0.4) is 0 Å². The second-order valence-electron chi connectivity index (χ2n) is 4.93. The van der Waals surface area contributed by atoms with Crippen LogP contribution in [0.1, 0.15) is 39.5 Å². The second kappa shape index (κ2) is 7.08. The molecule has 0 radical (unpaired) electrons. The minimum atomic E-state index is -0.0307. The van der Waals surface area contributed by atoms with Crippen molar-refractivity contribution in [2.75, 3.05) is 6.61 Å². The molecule has 0 atom stereocenters. The van der Waals surface area contributed by atoms with Gasteiger partial charge in [-0.1, -0.05) is 38.8 Å². The molecule has 0 fully saturated rings. The fraction of sp³-hybridized carbons (Fsp3) is 0.500. The van der Waals surface area contributed by atoms with Crippen molar-refractivity contribution in [1.29, 1.82) is 0 Å². The Kier molecular flexibility index (Phi) is 5.16. The van der Waals surface area contributed by atoms with Crippen molar-refractivity contribution >= 4 is 10.8 Å². The fourth-order valence-electron chi connectivity index (χ4n) is 2.08. The summed E-state index contributed by atoms with van der Waals surface area (Å²) in [6, 6.07) is 7.53. The number of hydrogen-bond donors (Lipinski definition) is 0. The molecular weight excluding hydrogens is 252 g/mol. The predicted octanol–water partition coefficient (Wildman–Crippen LogP) is 3.38. The number of aromatic nitrogens is 2. The third-order valence-electron chi connectivity index (χ3n) is 3.29. The van der Waals surface area contributed by atoms with E-state index in [4.69, 9.17) is 4.74 Å². The van der Waals surface area contributed by atoms with Crippen molar-refractivity contribution < 1.29 is 4.74 Å². The van der Waals surface area contributed by atoms with Crippen LogP contribution in [-0.4, -0.2) is 16.4 Å². The Balaban J connectivity index is 2.42. The molecule has 0 saturated heterocycles. The Bertz CT molecular complexity index is 619. The molecule has 0 spiro atoms. The maximum atomic E-state index is 12.4. The summed E-state index contributed by atoms with van der Waals surface area (Å²) in [5.41, 5.74) is -0.0307. The molecule has 0 bridgehead atoms. The zero-order valence-corrected chi connectivity index (χ0v) is 12.3. The number of nitrogens with zero attached hydrogens (tertiary/aromatic N) is 2.